The Morgan fingerprint density at radius 3 is 2.88 bits per heavy atom. The lowest BCUT2D eigenvalue weighted by Gasteiger charge is -2.35. The molecular formula is C15H14BrClFN3O3S2. The third-order valence-electron chi connectivity index (χ3n) is 3.72. The molecule has 3 rings (SSSR count). The highest BCUT2D eigenvalue weighted by molar-refractivity contribution is 9.11. The SMILES string of the molecule is [2H]C([2H])([2H])N1[C@H](C(=O)Nc2ccc(F)c(Cl)c2)CC(c2ccc(Br)s2)NS1(=O)=O. The van der Waals surface area contributed by atoms with Gasteiger partial charge in [0.15, 0.2) is 0 Å². The molecule has 1 aromatic carbocycles. The molecule has 6 nitrogen and oxygen atoms in total. The van der Waals surface area contributed by atoms with Gasteiger partial charge in [-0.25, -0.2) is 4.39 Å². The van der Waals surface area contributed by atoms with Gasteiger partial charge in [0.25, 0.3) is 10.2 Å². The summed E-state index contributed by atoms with van der Waals surface area (Å²) in [4.78, 5) is 13.5. The van der Waals surface area contributed by atoms with Crippen LogP contribution in [0.4, 0.5) is 10.1 Å². The summed E-state index contributed by atoms with van der Waals surface area (Å²) in [6, 6.07) is 4.51. The van der Waals surface area contributed by atoms with E-state index in [1.165, 1.54) is 17.4 Å². The van der Waals surface area contributed by atoms with Crippen LogP contribution >= 0.6 is 38.9 Å². The fraction of sp³-hybridized carbons (Fsp3) is 0.267. The van der Waals surface area contributed by atoms with Crippen LogP contribution in [0.2, 0.25) is 5.02 Å². The van der Waals surface area contributed by atoms with Crippen molar-refractivity contribution >= 4 is 60.7 Å². The Morgan fingerprint density at radius 1 is 1.50 bits per heavy atom. The van der Waals surface area contributed by atoms with Crippen LogP contribution in [0.1, 0.15) is 21.5 Å². The topological polar surface area (TPSA) is 78.5 Å². The second-order valence-corrected chi connectivity index (χ2v) is 9.96. The number of carbonyl (C=O) groups is 1. The van der Waals surface area contributed by atoms with E-state index < -0.39 is 41.0 Å². The van der Waals surface area contributed by atoms with Gasteiger partial charge < -0.3 is 5.32 Å². The van der Waals surface area contributed by atoms with E-state index in [0.717, 1.165) is 15.9 Å². The van der Waals surface area contributed by atoms with Crippen molar-refractivity contribution in [2.75, 3.05) is 12.3 Å². The third kappa shape index (κ3) is 4.10. The molecule has 1 aromatic heterocycles. The van der Waals surface area contributed by atoms with Gasteiger partial charge in [-0.3, -0.25) is 4.79 Å². The van der Waals surface area contributed by atoms with Crippen molar-refractivity contribution in [3.63, 3.8) is 0 Å². The number of likely N-dealkylation sites (N-methyl/N-ethyl adjacent to an activating group) is 1. The van der Waals surface area contributed by atoms with Gasteiger partial charge in [-0.1, -0.05) is 11.6 Å². The Kier molecular flexibility index (Phi) is 4.62. The minimum atomic E-state index is -4.51. The Hall–Kier alpha value is -1.04. The molecule has 26 heavy (non-hydrogen) atoms. The maximum atomic E-state index is 13.3. The van der Waals surface area contributed by atoms with Crippen LogP contribution in [0.3, 0.4) is 0 Å². The molecule has 0 spiro atoms. The number of halogens is 3. The quantitative estimate of drug-likeness (QED) is 0.698. The third-order valence-corrected chi connectivity index (χ3v) is 7.10. The first-order valence-corrected chi connectivity index (χ1v) is 10.6. The van der Waals surface area contributed by atoms with Crippen molar-refractivity contribution in [2.24, 2.45) is 0 Å². The van der Waals surface area contributed by atoms with E-state index in [1.807, 2.05) is 0 Å². The standard InChI is InChI=1S/C15H14BrClFN3O3S2/c1-21-12(15(22)19-8-2-3-10(18)9(17)6-8)7-11(20-26(21,23)24)13-4-5-14(16)25-13/h2-6,11-12,20H,7H2,1H3,(H,19,22)/t11?,12-/m0/s1/i1D3. The number of carbonyl (C=O) groups excluding carboxylic acids is 1. The maximum absolute atomic E-state index is 13.3. The normalized spacial score (nSPS) is 25.1. The Labute approximate surface area is 171 Å². The minimum absolute atomic E-state index is 0.109. The smallest absolute Gasteiger partial charge is 0.280 e. The van der Waals surface area contributed by atoms with E-state index in [1.54, 1.807) is 12.1 Å². The summed E-state index contributed by atoms with van der Waals surface area (Å²) in [6.07, 6.45) is -0.120. The van der Waals surface area contributed by atoms with Crippen LogP contribution in [0.5, 0.6) is 0 Å². The number of hydrogen-bond acceptors (Lipinski definition) is 4. The van der Waals surface area contributed by atoms with Crippen LogP contribution in [-0.4, -0.2) is 31.6 Å². The van der Waals surface area contributed by atoms with E-state index in [2.05, 4.69) is 26.0 Å². The zero-order chi connectivity index (χ0) is 21.6. The fourth-order valence-electron chi connectivity index (χ4n) is 2.47. The Morgan fingerprint density at radius 2 is 2.27 bits per heavy atom. The lowest BCUT2D eigenvalue weighted by Crippen LogP contribution is -2.55. The van der Waals surface area contributed by atoms with Crippen molar-refractivity contribution in [1.82, 2.24) is 9.03 Å². The molecule has 2 aromatic rings. The predicted molar refractivity (Wildman–Crippen MR) is 103 cm³/mol. The molecule has 11 heteroatoms. The van der Waals surface area contributed by atoms with Gasteiger partial charge in [-0.15, -0.1) is 11.3 Å². The first-order valence-electron chi connectivity index (χ1n) is 8.71. The van der Waals surface area contributed by atoms with Gasteiger partial charge in [-0.05, 0) is 52.7 Å². The molecule has 2 atom stereocenters. The molecule has 0 saturated carbocycles. The zero-order valence-electron chi connectivity index (χ0n) is 15.9. The summed E-state index contributed by atoms with van der Waals surface area (Å²) in [7, 11) is -4.51. The molecule has 0 radical (unpaired) electrons. The average Bonchev–Trinajstić information content (AvgIpc) is 3.02. The van der Waals surface area contributed by atoms with Crippen molar-refractivity contribution in [1.29, 1.82) is 0 Å². The summed E-state index contributed by atoms with van der Waals surface area (Å²) < 4.78 is 64.8. The Balaban J connectivity index is 1.95. The molecule has 140 valence electrons. The number of thiophene rings is 1. The van der Waals surface area contributed by atoms with E-state index >= 15 is 0 Å². The van der Waals surface area contributed by atoms with E-state index in [9.17, 15) is 17.6 Å². The number of benzene rings is 1. The van der Waals surface area contributed by atoms with Gasteiger partial charge in [0.05, 0.1) is 14.9 Å². The number of anilines is 1. The zero-order valence-corrected chi connectivity index (χ0v) is 16.8. The molecule has 1 unspecified atom stereocenters. The lowest BCUT2D eigenvalue weighted by molar-refractivity contribution is -0.120. The van der Waals surface area contributed by atoms with Gasteiger partial charge in [0.1, 0.15) is 11.9 Å². The van der Waals surface area contributed by atoms with Gasteiger partial charge in [0.2, 0.25) is 5.91 Å². The van der Waals surface area contributed by atoms with Crippen LogP contribution in [0.25, 0.3) is 0 Å². The number of amides is 1. The number of nitrogens with one attached hydrogen (secondary N) is 2. The summed E-state index contributed by atoms with van der Waals surface area (Å²) in [6.45, 7) is -3.09. The van der Waals surface area contributed by atoms with Gasteiger partial charge in [0, 0.05) is 21.7 Å². The summed E-state index contributed by atoms with van der Waals surface area (Å²) in [5.41, 5.74) is 0.109. The molecule has 0 aliphatic carbocycles. The van der Waals surface area contributed by atoms with Crippen molar-refractivity contribution in [3.05, 3.63) is 49.8 Å². The molecule has 0 bridgehead atoms. The average molecular weight is 486 g/mol. The highest BCUT2D eigenvalue weighted by Crippen LogP contribution is 2.34. The number of rotatable bonds is 3. The summed E-state index contributed by atoms with van der Waals surface area (Å²) in [5, 5.41) is 2.18. The highest BCUT2D eigenvalue weighted by Gasteiger charge is 2.41. The monoisotopic (exact) mass is 484 g/mol. The Bertz CT molecular complexity index is 1050. The first-order chi connectivity index (χ1) is 13.4. The minimum Gasteiger partial charge on any atom is -0.325 e. The van der Waals surface area contributed by atoms with Gasteiger partial charge in [-0.2, -0.15) is 17.4 Å². The van der Waals surface area contributed by atoms with Crippen molar-refractivity contribution in [2.45, 2.75) is 18.5 Å². The highest BCUT2D eigenvalue weighted by atomic mass is 79.9. The van der Waals surface area contributed by atoms with Crippen molar-refractivity contribution < 1.29 is 21.7 Å². The first kappa shape index (κ1) is 16.0. The molecule has 1 amide bonds. The predicted octanol–water partition coefficient (Wildman–Crippen LogP) is 3.52. The van der Waals surface area contributed by atoms with Crippen molar-refractivity contribution in [3.8, 4) is 0 Å². The van der Waals surface area contributed by atoms with E-state index in [0.29, 0.717) is 4.88 Å². The molecule has 2 heterocycles. The van der Waals surface area contributed by atoms with Gasteiger partial charge >= 0.3 is 0 Å². The molecular weight excluding hydrogens is 469 g/mol. The maximum Gasteiger partial charge on any atom is 0.280 e. The summed E-state index contributed by atoms with van der Waals surface area (Å²) >= 11 is 10.3. The molecule has 1 aliphatic rings. The number of nitrogens with zero attached hydrogens (tertiary/aromatic N) is 1. The molecule has 2 N–H and O–H groups in total. The van der Waals surface area contributed by atoms with Crippen LogP contribution in [0.15, 0.2) is 34.1 Å². The van der Waals surface area contributed by atoms with E-state index in [-0.39, 0.29) is 21.4 Å². The molecule has 1 aliphatic heterocycles. The largest absolute Gasteiger partial charge is 0.325 e. The van der Waals surface area contributed by atoms with Crippen LogP contribution < -0.4 is 10.0 Å². The lowest BCUT2D eigenvalue weighted by atomic mass is 10.1. The molecule has 1 fully saturated rings. The molecule has 1 saturated heterocycles. The van der Waals surface area contributed by atoms with Crippen LogP contribution in [0, 0.1) is 5.82 Å². The second-order valence-electron chi connectivity index (χ2n) is 5.48. The van der Waals surface area contributed by atoms with Crippen LogP contribution in [-0.2, 0) is 15.0 Å². The summed E-state index contributed by atoms with van der Waals surface area (Å²) in [5.74, 6) is -1.56. The fourth-order valence-corrected chi connectivity index (χ4v) is 5.43. The van der Waals surface area contributed by atoms with E-state index in [4.69, 9.17) is 15.7 Å². The second kappa shape index (κ2) is 7.53. The number of hydrogen-bond donors (Lipinski definition) is 2.